The van der Waals surface area contributed by atoms with E-state index in [2.05, 4.69) is 23.1 Å². The number of nitrogens with zero attached hydrogens (tertiary/aromatic N) is 2. The fraction of sp³-hybridized carbons (Fsp3) is 0.500. The molecular formula is C14H16N2O2. The number of ether oxygens (including phenoxy) is 2. The molecule has 2 aliphatic heterocycles. The molecule has 1 fully saturated rings. The number of para-hydroxylation sites is 1. The number of morpholine rings is 1. The van der Waals surface area contributed by atoms with E-state index in [9.17, 15) is 0 Å². The maximum absolute atomic E-state index is 8.90. The van der Waals surface area contributed by atoms with Crippen molar-refractivity contribution in [2.45, 2.75) is 12.0 Å². The van der Waals surface area contributed by atoms with Crippen LogP contribution in [0.5, 0.6) is 5.75 Å². The second kappa shape index (κ2) is 4.97. The van der Waals surface area contributed by atoms with Gasteiger partial charge in [-0.3, -0.25) is 4.90 Å². The lowest BCUT2D eigenvalue weighted by molar-refractivity contribution is -0.00222. The first kappa shape index (κ1) is 11.5. The van der Waals surface area contributed by atoms with Crippen LogP contribution < -0.4 is 4.74 Å². The number of benzene rings is 1. The van der Waals surface area contributed by atoms with Crippen LogP contribution in [0, 0.1) is 11.3 Å². The third-order valence-electron chi connectivity index (χ3n) is 3.57. The van der Waals surface area contributed by atoms with Crippen LogP contribution in [0.2, 0.25) is 0 Å². The summed E-state index contributed by atoms with van der Waals surface area (Å²) >= 11 is 0. The number of hydrogen-bond donors (Lipinski definition) is 0. The molecule has 0 bridgehead atoms. The zero-order chi connectivity index (χ0) is 12.4. The van der Waals surface area contributed by atoms with Gasteiger partial charge in [-0.05, 0) is 6.07 Å². The van der Waals surface area contributed by atoms with E-state index in [0.717, 1.165) is 25.4 Å². The molecule has 3 rings (SSSR count). The van der Waals surface area contributed by atoms with E-state index in [-0.39, 0.29) is 6.10 Å². The van der Waals surface area contributed by atoms with E-state index in [4.69, 9.17) is 14.7 Å². The molecule has 2 atom stereocenters. The Kier molecular flexibility index (Phi) is 3.18. The summed E-state index contributed by atoms with van der Waals surface area (Å²) in [4.78, 5) is 2.30. The van der Waals surface area contributed by atoms with Crippen molar-refractivity contribution < 1.29 is 9.47 Å². The van der Waals surface area contributed by atoms with Gasteiger partial charge in [-0.2, -0.15) is 5.26 Å². The highest BCUT2D eigenvalue weighted by molar-refractivity contribution is 5.39. The maximum atomic E-state index is 8.90. The highest BCUT2D eigenvalue weighted by Crippen LogP contribution is 2.34. The topological polar surface area (TPSA) is 45.5 Å². The van der Waals surface area contributed by atoms with Gasteiger partial charge in [-0.1, -0.05) is 18.2 Å². The maximum Gasteiger partial charge on any atom is 0.156 e. The highest BCUT2D eigenvalue weighted by atomic mass is 16.5. The van der Waals surface area contributed by atoms with Crippen LogP contribution in [-0.4, -0.2) is 43.9 Å². The summed E-state index contributed by atoms with van der Waals surface area (Å²) in [6.07, 6.45) is -0.281. The molecule has 0 aromatic heterocycles. The molecule has 2 heterocycles. The first-order chi connectivity index (χ1) is 8.86. The molecule has 0 spiro atoms. The zero-order valence-electron chi connectivity index (χ0n) is 10.2. The lowest BCUT2D eigenvalue weighted by Crippen LogP contribution is -2.43. The lowest BCUT2D eigenvalue weighted by Gasteiger charge is -2.31. The molecule has 1 saturated heterocycles. The Morgan fingerprint density at radius 2 is 2.28 bits per heavy atom. The van der Waals surface area contributed by atoms with E-state index in [1.54, 1.807) is 0 Å². The van der Waals surface area contributed by atoms with Gasteiger partial charge in [-0.15, -0.1) is 0 Å². The highest BCUT2D eigenvalue weighted by Gasteiger charge is 2.28. The minimum Gasteiger partial charge on any atom is -0.493 e. The second-order valence-electron chi connectivity index (χ2n) is 4.79. The van der Waals surface area contributed by atoms with Gasteiger partial charge in [0.2, 0.25) is 0 Å². The molecule has 4 heteroatoms. The SMILES string of the molecule is N#CC1CN(CC2COc3ccccc32)CCO1. The summed E-state index contributed by atoms with van der Waals surface area (Å²) in [5, 5.41) is 8.90. The Labute approximate surface area is 107 Å². The molecule has 94 valence electrons. The van der Waals surface area contributed by atoms with Crippen LogP contribution in [0.1, 0.15) is 11.5 Å². The number of hydrogen-bond acceptors (Lipinski definition) is 4. The molecular weight excluding hydrogens is 228 g/mol. The van der Waals surface area contributed by atoms with Gasteiger partial charge in [0.25, 0.3) is 0 Å². The van der Waals surface area contributed by atoms with Gasteiger partial charge in [0.15, 0.2) is 6.10 Å². The summed E-state index contributed by atoms with van der Waals surface area (Å²) in [6.45, 7) is 3.94. The minimum atomic E-state index is -0.281. The molecule has 4 nitrogen and oxygen atoms in total. The van der Waals surface area contributed by atoms with Gasteiger partial charge in [0.05, 0.1) is 19.3 Å². The molecule has 0 radical (unpaired) electrons. The van der Waals surface area contributed by atoms with Crippen LogP contribution >= 0.6 is 0 Å². The first-order valence-electron chi connectivity index (χ1n) is 6.32. The van der Waals surface area contributed by atoms with Crippen LogP contribution in [0.3, 0.4) is 0 Å². The largest absolute Gasteiger partial charge is 0.493 e. The summed E-state index contributed by atoms with van der Waals surface area (Å²) < 4.78 is 11.0. The Morgan fingerprint density at radius 1 is 1.39 bits per heavy atom. The predicted molar refractivity (Wildman–Crippen MR) is 66.5 cm³/mol. The van der Waals surface area contributed by atoms with E-state index in [0.29, 0.717) is 19.1 Å². The lowest BCUT2D eigenvalue weighted by atomic mass is 10.0. The van der Waals surface area contributed by atoms with Gasteiger partial charge < -0.3 is 9.47 Å². The van der Waals surface area contributed by atoms with E-state index in [1.165, 1.54) is 5.56 Å². The van der Waals surface area contributed by atoms with Crippen molar-refractivity contribution in [3.05, 3.63) is 29.8 Å². The second-order valence-corrected chi connectivity index (χ2v) is 4.79. The molecule has 2 aliphatic rings. The Bertz CT molecular complexity index is 469. The molecule has 1 aromatic carbocycles. The molecule has 18 heavy (non-hydrogen) atoms. The Morgan fingerprint density at radius 3 is 3.17 bits per heavy atom. The molecule has 0 N–H and O–H groups in total. The van der Waals surface area contributed by atoms with Gasteiger partial charge >= 0.3 is 0 Å². The summed E-state index contributed by atoms with van der Waals surface area (Å²) in [6, 6.07) is 10.4. The summed E-state index contributed by atoms with van der Waals surface area (Å²) in [5.74, 6) is 1.42. The van der Waals surface area contributed by atoms with Crippen LogP contribution in [-0.2, 0) is 4.74 Å². The van der Waals surface area contributed by atoms with Crippen molar-refractivity contribution >= 4 is 0 Å². The van der Waals surface area contributed by atoms with Crippen molar-refractivity contribution in [3.63, 3.8) is 0 Å². The first-order valence-corrected chi connectivity index (χ1v) is 6.32. The van der Waals surface area contributed by atoms with Crippen molar-refractivity contribution in [1.82, 2.24) is 4.90 Å². The molecule has 0 amide bonds. The normalized spacial score (nSPS) is 27.3. The molecule has 0 saturated carbocycles. The third-order valence-corrected chi connectivity index (χ3v) is 3.57. The van der Waals surface area contributed by atoms with E-state index in [1.807, 2.05) is 12.1 Å². The smallest absolute Gasteiger partial charge is 0.156 e. The average molecular weight is 244 g/mol. The molecule has 0 aliphatic carbocycles. The standard InChI is InChI=1S/C14H16N2O2/c15-7-12-9-16(5-6-17-12)8-11-10-18-14-4-2-1-3-13(11)14/h1-4,11-12H,5-6,8-10H2. The average Bonchev–Trinajstić information content (AvgIpc) is 2.83. The predicted octanol–water partition coefficient (Wildman–Crippen LogP) is 1.39. The van der Waals surface area contributed by atoms with Crippen LogP contribution in [0.15, 0.2) is 24.3 Å². The quantitative estimate of drug-likeness (QED) is 0.788. The third kappa shape index (κ3) is 2.20. The van der Waals surface area contributed by atoms with Crippen molar-refractivity contribution in [2.24, 2.45) is 0 Å². The number of nitriles is 1. The van der Waals surface area contributed by atoms with Crippen molar-refractivity contribution in [1.29, 1.82) is 5.26 Å². The van der Waals surface area contributed by atoms with E-state index >= 15 is 0 Å². The zero-order valence-corrected chi connectivity index (χ0v) is 10.2. The van der Waals surface area contributed by atoms with Gasteiger partial charge in [0, 0.05) is 31.1 Å². The fourth-order valence-corrected chi connectivity index (χ4v) is 2.64. The van der Waals surface area contributed by atoms with Gasteiger partial charge in [-0.25, -0.2) is 0 Å². The van der Waals surface area contributed by atoms with E-state index < -0.39 is 0 Å². The summed E-state index contributed by atoms with van der Waals surface area (Å²) in [5.41, 5.74) is 1.29. The van der Waals surface area contributed by atoms with Crippen molar-refractivity contribution in [3.8, 4) is 11.8 Å². The van der Waals surface area contributed by atoms with Crippen molar-refractivity contribution in [2.75, 3.05) is 32.8 Å². The molecule has 2 unspecified atom stereocenters. The number of fused-ring (bicyclic) bond motifs is 1. The Balaban J connectivity index is 1.66. The van der Waals surface area contributed by atoms with Gasteiger partial charge in [0.1, 0.15) is 5.75 Å². The Hall–Kier alpha value is -1.57. The molecule has 1 aromatic rings. The fourth-order valence-electron chi connectivity index (χ4n) is 2.64. The number of rotatable bonds is 2. The van der Waals surface area contributed by atoms with Crippen LogP contribution in [0.25, 0.3) is 0 Å². The monoisotopic (exact) mass is 244 g/mol. The van der Waals surface area contributed by atoms with Crippen LogP contribution in [0.4, 0.5) is 0 Å². The minimum absolute atomic E-state index is 0.281. The summed E-state index contributed by atoms with van der Waals surface area (Å²) in [7, 11) is 0.